The Morgan fingerprint density at radius 2 is 2.00 bits per heavy atom. The Balaban J connectivity index is 1.59. The second kappa shape index (κ2) is 5.78. The van der Waals surface area contributed by atoms with Gasteiger partial charge in [0, 0.05) is 42.5 Å². The summed E-state index contributed by atoms with van der Waals surface area (Å²) < 4.78 is 15.3. The lowest BCUT2D eigenvalue weighted by molar-refractivity contribution is 0.0718. The van der Waals surface area contributed by atoms with Crippen molar-refractivity contribution >= 4 is 11.4 Å². The van der Waals surface area contributed by atoms with E-state index in [0.29, 0.717) is 5.56 Å². The van der Waals surface area contributed by atoms with Crippen LogP contribution in [0.4, 0.5) is 4.39 Å². The molecule has 3 aromatic rings. The van der Waals surface area contributed by atoms with E-state index in [1.807, 2.05) is 19.2 Å². The van der Waals surface area contributed by atoms with Crippen molar-refractivity contribution in [3.8, 4) is 0 Å². The van der Waals surface area contributed by atoms with Crippen LogP contribution in [0.5, 0.6) is 0 Å². The number of benzene rings is 1. The first kappa shape index (κ1) is 14.9. The van der Waals surface area contributed by atoms with Crippen molar-refractivity contribution in [2.75, 3.05) is 7.05 Å². The van der Waals surface area contributed by atoms with Crippen LogP contribution in [0.3, 0.4) is 0 Å². The first-order valence-corrected chi connectivity index (χ1v) is 8.24. The Kier molecular flexibility index (Phi) is 3.60. The van der Waals surface area contributed by atoms with E-state index in [1.54, 1.807) is 17.0 Å². The van der Waals surface area contributed by atoms with Crippen LogP contribution in [0, 0.1) is 5.82 Å². The van der Waals surface area contributed by atoms with Crippen LogP contribution in [0.2, 0.25) is 0 Å². The fourth-order valence-corrected chi connectivity index (χ4v) is 3.62. The minimum atomic E-state index is -0.323. The summed E-state index contributed by atoms with van der Waals surface area (Å²) in [6, 6.07) is 14.4. The van der Waals surface area contributed by atoms with Gasteiger partial charge >= 0.3 is 0 Å². The van der Waals surface area contributed by atoms with Crippen LogP contribution in [0.15, 0.2) is 54.7 Å². The third kappa shape index (κ3) is 2.48. The van der Waals surface area contributed by atoms with E-state index < -0.39 is 0 Å². The third-order valence-electron chi connectivity index (χ3n) is 5.01. The summed E-state index contributed by atoms with van der Waals surface area (Å²) in [5.74, 6) is -0.375. The van der Waals surface area contributed by atoms with E-state index in [9.17, 15) is 9.18 Å². The molecule has 0 spiro atoms. The number of halogens is 1. The molecule has 2 heterocycles. The van der Waals surface area contributed by atoms with E-state index in [1.165, 1.54) is 28.9 Å². The lowest BCUT2D eigenvalue weighted by Crippen LogP contribution is -2.40. The second-order valence-corrected chi connectivity index (χ2v) is 6.43. The van der Waals surface area contributed by atoms with Crippen molar-refractivity contribution in [1.29, 1.82) is 0 Å². The second-order valence-electron chi connectivity index (χ2n) is 6.43. The fraction of sp³-hybridized carbons (Fsp3) is 0.250. The van der Waals surface area contributed by atoms with Crippen molar-refractivity contribution in [2.24, 2.45) is 0 Å². The molecule has 0 aliphatic heterocycles. The number of nitrogens with zero attached hydrogens (tertiary/aromatic N) is 2. The standard InChI is InChI=1S/C20H19FN2O/c1-22(20(24)14-5-8-16(21)9-6-14)17-10-7-15-12-18-4-2-3-11-23(18)19(15)13-17/h2-6,8-9,11-12,17H,7,10,13H2,1H3/t17-/m1/s1. The number of hydrogen-bond acceptors (Lipinski definition) is 1. The number of aromatic nitrogens is 1. The number of likely N-dealkylation sites (N-methyl/N-ethyl adjacent to an activating group) is 1. The lowest BCUT2D eigenvalue weighted by Gasteiger charge is -2.31. The number of pyridine rings is 1. The Morgan fingerprint density at radius 3 is 2.79 bits per heavy atom. The number of aryl methyl sites for hydroxylation is 1. The lowest BCUT2D eigenvalue weighted by atomic mass is 9.92. The summed E-state index contributed by atoms with van der Waals surface area (Å²) in [6.45, 7) is 0. The average Bonchev–Trinajstić information content (AvgIpc) is 2.99. The number of rotatable bonds is 2. The van der Waals surface area contributed by atoms with Crippen LogP contribution in [0.1, 0.15) is 28.0 Å². The quantitative estimate of drug-likeness (QED) is 0.706. The minimum Gasteiger partial charge on any atom is -0.338 e. The highest BCUT2D eigenvalue weighted by molar-refractivity contribution is 5.94. The number of hydrogen-bond donors (Lipinski definition) is 0. The van der Waals surface area contributed by atoms with E-state index in [0.717, 1.165) is 19.3 Å². The molecule has 0 unspecified atom stereocenters. The van der Waals surface area contributed by atoms with Crippen LogP contribution in [-0.2, 0) is 12.8 Å². The number of carbonyl (C=O) groups is 1. The van der Waals surface area contributed by atoms with E-state index in [4.69, 9.17) is 0 Å². The molecule has 0 saturated carbocycles. The molecule has 0 N–H and O–H groups in total. The zero-order chi connectivity index (χ0) is 16.7. The van der Waals surface area contributed by atoms with Gasteiger partial charge in [-0.2, -0.15) is 0 Å². The summed E-state index contributed by atoms with van der Waals surface area (Å²) in [5, 5.41) is 0. The predicted octanol–water partition coefficient (Wildman–Crippen LogP) is 3.71. The molecule has 0 fully saturated rings. The molecule has 1 amide bonds. The van der Waals surface area contributed by atoms with Crippen LogP contribution in [-0.4, -0.2) is 28.3 Å². The highest BCUT2D eigenvalue weighted by Gasteiger charge is 2.27. The van der Waals surface area contributed by atoms with Gasteiger partial charge in [0.2, 0.25) is 0 Å². The third-order valence-corrected chi connectivity index (χ3v) is 5.01. The van der Waals surface area contributed by atoms with Gasteiger partial charge in [-0.25, -0.2) is 4.39 Å². The molecular formula is C20H19FN2O. The topological polar surface area (TPSA) is 24.7 Å². The first-order valence-electron chi connectivity index (χ1n) is 8.24. The van der Waals surface area contributed by atoms with Gasteiger partial charge in [-0.3, -0.25) is 4.79 Å². The van der Waals surface area contributed by atoms with Gasteiger partial charge < -0.3 is 9.30 Å². The monoisotopic (exact) mass is 322 g/mol. The molecule has 3 nitrogen and oxygen atoms in total. The van der Waals surface area contributed by atoms with Gasteiger partial charge in [-0.15, -0.1) is 0 Å². The molecule has 0 bridgehead atoms. The SMILES string of the molecule is CN(C(=O)c1ccc(F)cc1)[C@@H]1CCc2cc3ccccn3c2C1. The molecule has 1 aliphatic carbocycles. The van der Waals surface area contributed by atoms with Crippen molar-refractivity contribution in [3.63, 3.8) is 0 Å². The molecule has 2 aromatic heterocycles. The number of fused-ring (bicyclic) bond motifs is 3. The summed E-state index contributed by atoms with van der Waals surface area (Å²) in [4.78, 5) is 14.5. The maximum atomic E-state index is 13.1. The normalized spacial score (nSPS) is 16.8. The van der Waals surface area contributed by atoms with Crippen LogP contribution < -0.4 is 0 Å². The zero-order valence-corrected chi connectivity index (χ0v) is 13.6. The van der Waals surface area contributed by atoms with Crippen molar-refractivity contribution in [3.05, 3.63) is 77.4 Å². The van der Waals surface area contributed by atoms with Gasteiger partial charge in [0.15, 0.2) is 0 Å². The molecule has 4 heteroatoms. The van der Waals surface area contributed by atoms with Crippen molar-refractivity contribution in [1.82, 2.24) is 9.30 Å². The molecule has 0 radical (unpaired) electrons. The Labute approximate surface area is 140 Å². The molecule has 1 atom stereocenters. The van der Waals surface area contributed by atoms with Gasteiger partial charge in [-0.05, 0) is 60.9 Å². The summed E-state index contributed by atoms with van der Waals surface area (Å²) in [6.07, 6.45) is 4.85. The molecule has 122 valence electrons. The molecule has 1 aromatic carbocycles. The smallest absolute Gasteiger partial charge is 0.253 e. The minimum absolute atomic E-state index is 0.0516. The highest BCUT2D eigenvalue weighted by Crippen LogP contribution is 2.28. The van der Waals surface area contributed by atoms with E-state index in [2.05, 4.69) is 22.7 Å². The summed E-state index contributed by atoms with van der Waals surface area (Å²) in [7, 11) is 1.84. The predicted molar refractivity (Wildman–Crippen MR) is 91.7 cm³/mol. The summed E-state index contributed by atoms with van der Waals surface area (Å²) in [5.41, 5.74) is 4.40. The summed E-state index contributed by atoms with van der Waals surface area (Å²) >= 11 is 0. The Hall–Kier alpha value is -2.62. The number of carbonyl (C=O) groups excluding carboxylic acids is 1. The van der Waals surface area contributed by atoms with Crippen molar-refractivity contribution in [2.45, 2.75) is 25.3 Å². The van der Waals surface area contributed by atoms with E-state index in [-0.39, 0.29) is 17.8 Å². The molecular weight excluding hydrogens is 303 g/mol. The molecule has 24 heavy (non-hydrogen) atoms. The zero-order valence-electron chi connectivity index (χ0n) is 13.6. The molecule has 4 rings (SSSR count). The Morgan fingerprint density at radius 1 is 1.21 bits per heavy atom. The highest BCUT2D eigenvalue weighted by atomic mass is 19.1. The maximum Gasteiger partial charge on any atom is 0.253 e. The fourth-order valence-electron chi connectivity index (χ4n) is 3.62. The van der Waals surface area contributed by atoms with Gasteiger partial charge in [-0.1, -0.05) is 6.07 Å². The largest absolute Gasteiger partial charge is 0.338 e. The van der Waals surface area contributed by atoms with Crippen LogP contribution in [0.25, 0.3) is 5.52 Å². The van der Waals surface area contributed by atoms with E-state index >= 15 is 0 Å². The molecule has 1 aliphatic rings. The van der Waals surface area contributed by atoms with Gasteiger partial charge in [0.05, 0.1) is 0 Å². The van der Waals surface area contributed by atoms with Crippen LogP contribution >= 0.6 is 0 Å². The van der Waals surface area contributed by atoms with Crippen molar-refractivity contribution < 1.29 is 9.18 Å². The van der Waals surface area contributed by atoms with Gasteiger partial charge in [0.25, 0.3) is 5.91 Å². The average molecular weight is 322 g/mol. The Bertz CT molecular complexity index is 898. The molecule has 0 saturated heterocycles. The van der Waals surface area contributed by atoms with Gasteiger partial charge in [0.1, 0.15) is 5.82 Å². The maximum absolute atomic E-state index is 13.1. The number of amides is 1. The first-order chi connectivity index (χ1) is 11.6.